The number of thiophene rings is 1. The molecule has 6 aromatic rings. The maximum absolute atomic E-state index is 13.1. The van der Waals surface area contributed by atoms with E-state index in [0.717, 1.165) is 27.8 Å². The highest BCUT2D eigenvalue weighted by Crippen LogP contribution is 2.37. The molecule has 0 bridgehead atoms. The first kappa shape index (κ1) is 30.3. The predicted octanol–water partition coefficient (Wildman–Crippen LogP) is 7.27. The van der Waals surface area contributed by atoms with E-state index in [2.05, 4.69) is 25.6 Å². The summed E-state index contributed by atoms with van der Waals surface area (Å²) in [6, 6.07) is 21.3. The fourth-order valence-electron chi connectivity index (χ4n) is 4.72. The number of anilines is 4. The van der Waals surface area contributed by atoms with Gasteiger partial charge in [-0.15, -0.1) is 11.3 Å². The largest absolute Gasteiger partial charge is 0.397 e. The number of para-hydroxylation sites is 2. The maximum atomic E-state index is 13.1. The van der Waals surface area contributed by atoms with Crippen molar-refractivity contribution in [1.82, 2.24) is 15.0 Å². The van der Waals surface area contributed by atoms with Gasteiger partial charge >= 0.3 is 0 Å². The molecule has 12 heteroatoms. The summed E-state index contributed by atoms with van der Waals surface area (Å²) in [5.74, 6) is -0.621. The quantitative estimate of drug-likeness (QED) is 0.152. The van der Waals surface area contributed by atoms with E-state index in [1.54, 1.807) is 13.0 Å². The van der Waals surface area contributed by atoms with Gasteiger partial charge in [0.15, 0.2) is 0 Å². The average Bonchev–Trinajstić information content (AvgIpc) is 3.35. The third-order valence-corrected chi connectivity index (χ3v) is 8.13. The van der Waals surface area contributed by atoms with Crippen molar-refractivity contribution in [3.63, 3.8) is 0 Å². The molecule has 6 rings (SSSR count). The number of nitrogen functional groups attached to an aromatic ring is 1. The minimum absolute atomic E-state index is 0.0726. The summed E-state index contributed by atoms with van der Waals surface area (Å²) < 4.78 is 13.1. The van der Waals surface area contributed by atoms with E-state index in [0.29, 0.717) is 50.8 Å². The SMILES string of the molecule is CCc1c(C(=O)Nc2ccccc2)c(C)nc2sc(C(N)=O)c(N)c12.Fc1ccc(Nc2ncnc3ccccc23)cc1Cl. The van der Waals surface area contributed by atoms with Crippen LogP contribution in [0.2, 0.25) is 5.02 Å². The van der Waals surface area contributed by atoms with E-state index in [1.807, 2.05) is 61.5 Å². The lowest BCUT2D eigenvalue weighted by atomic mass is 9.99. The summed E-state index contributed by atoms with van der Waals surface area (Å²) in [4.78, 5) is 38.2. The smallest absolute Gasteiger partial charge is 0.260 e. The molecule has 0 aliphatic rings. The molecule has 0 unspecified atom stereocenters. The van der Waals surface area contributed by atoms with Gasteiger partial charge in [0.25, 0.3) is 11.8 Å². The molecule has 0 radical (unpaired) electrons. The van der Waals surface area contributed by atoms with Crippen molar-refractivity contribution in [3.8, 4) is 0 Å². The summed E-state index contributed by atoms with van der Waals surface area (Å²) in [5.41, 5.74) is 15.9. The summed E-state index contributed by atoms with van der Waals surface area (Å²) in [5, 5.41) is 7.60. The van der Waals surface area contributed by atoms with E-state index in [-0.39, 0.29) is 15.8 Å². The van der Waals surface area contributed by atoms with Crippen LogP contribution in [0.4, 0.5) is 27.3 Å². The summed E-state index contributed by atoms with van der Waals surface area (Å²) in [6.45, 7) is 3.72. The molecular weight excluding hydrogens is 601 g/mol. The molecule has 9 nitrogen and oxygen atoms in total. The number of pyridine rings is 1. The highest BCUT2D eigenvalue weighted by atomic mass is 35.5. The number of fused-ring (bicyclic) bond motifs is 2. The van der Waals surface area contributed by atoms with Gasteiger partial charge in [0.05, 0.1) is 27.5 Å². The fraction of sp³-hybridized carbons (Fsp3) is 0.0938. The van der Waals surface area contributed by atoms with Crippen LogP contribution in [-0.4, -0.2) is 26.8 Å². The van der Waals surface area contributed by atoms with Crippen molar-refractivity contribution < 1.29 is 14.0 Å². The Kier molecular flexibility index (Phi) is 8.98. The van der Waals surface area contributed by atoms with Gasteiger partial charge in [-0.05, 0) is 61.4 Å². The number of carbonyl (C=O) groups excluding carboxylic acids is 2. The highest BCUT2D eigenvalue weighted by Gasteiger charge is 2.24. The number of nitrogens with zero attached hydrogens (tertiary/aromatic N) is 3. The lowest BCUT2D eigenvalue weighted by Gasteiger charge is -2.13. The van der Waals surface area contributed by atoms with Gasteiger partial charge in [0, 0.05) is 22.1 Å². The fourth-order valence-corrected chi connectivity index (χ4v) is 5.93. The first-order chi connectivity index (χ1) is 21.2. The van der Waals surface area contributed by atoms with Gasteiger partial charge in [0.1, 0.15) is 27.7 Å². The summed E-state index contributed by atoms with van der Waals surface area (Å²) in [6.07, 6.45) is 2.06. The second-order valence-corrected chi connectivity index (χ2v) is 11.0. The molecule has 0 aliphatic heterocycles. The zero-order valence-electron chi connectivity index (χ0n) is 23.7. The number of hydrogen-bond acceptors (Lipinski definition) is 8. The molecule has 0 fully saturated rings. The predicted molar refractivity (Wildman–Crippen MR) is 175 cm³/mol. The number of nitrogens with two attached hydrogens (primary N) is 2. The van der Waals surface area contributed by atoms with Crippen LogP contribution in [0.3, 0.4) is 0 Å². The van der Waals surface area contributed by atoms with Crippen molar-refractivity contribution >= 4 is 78.8 Å². The van der Waals surface area contributed by atoms with Crippen LogP contribution in [0, 0.1) is 12.7 Å². The number of hydrogen-bond donors (Lipinski definition) is 4. The number of rotatable bonds is 6. The monoisotopic (exact) mass is 627 g/mol. The zero-order chi connectivity index (χ0) is 31.4. The van der Waals surface area contributed by atoms with Crippen LogP contribution >= 0.6 is 22.9 Å². The molecule has 3 heterocycles. The molecule has 0 aliphatic carbocycles. The normalized spacial score (nSPS) is 10.7. The van der Waals surface area contributed by atoms with E-state index < -0.39 is 11.7 Å². The number of primary amides is 1. The van der Waals surface area contributed by atoms with Gasteiger partial charge in [0.2, 0.25) is 0 Å². The lowest BCUT2D eigenvalue weighted by Crippen LogP contribution is -2.17. The third kappa shape index (κ3) is 6.29. The molecule has 222 valence electrons. The summed E-state index contributed by atoms with van der Waals surface area (Å²) >= 11 is 6.91. The average molecular weight is 628 g/mol. The van der Waals surface area contributed by atoms with E-state index in [4.69, 9.17) is 23.1 Å². The zero-order valence-corrected chi connectivity index (χ0v) is 25.3. The standard InChI is InChI=1S/C18H18N4O2S.C14H9ClFN3/c1-3-11-12(17(24)22-10-7-5-4-6-8-10)9(2)21-18-13(11)14(19)15(25-18)16(20)23;15-11-7-9(5-6-12(11)16)19-14-10-3-1-2-4-13(10)17-8-18-14/h4-8H,3,19H2,1-2H3,(H2,20,23)(H,22,24);1-8H,(H,17,18,19). The Labute approximate surface area is 261 Å². The molecule has 0 saturated heterocycles. The van der Waals surface area contributed by atoms with Crippen LogP contribution in [0.25, 0.3) is 21.1 Å². The molecule has 44 heavy (non-hydrogen) atoms. The van der Waals surface area contributed by atoms with Gasteiger partial charge < -0.3 is 22.1 Å². The summed E-state index contributed by atoms with van der Waals surface area (Å²) in [7, 11) is 0. The van der Waals surface area contributed by atoms with Gasteiger partial charge in [-0.3, -0.25) is 9.59 Å². The van der Waals surface area contributed by atoms with Gasteiger partial charge in [-0.1, -0.05) is 48.9 Å². The van der Waals surface area contributed by atoms with Crippen molar-refractivity contribution in [1.29, 1.82) is 0 Å². The number of aromatic nitrogens is 3. The van der Waals surface area contributed by atoms with Gasteiger partial charge in [-0.2, -0.15) is 0 Å². The molecule has 6 N–H and O–H groups in total. The third-order valence-electron chi connectivity index (χ3n) is 6.72. The Bertz CT molecular complexity index is 2010. The maximum Gasteiger partial charge on any atom is 0.260 e. The van der Waals surface area contributed by atoms with Crippen molar-refractivity contribution in [3.05, 3.63) is 112 Å². The number of carbonyl (C=O) groups is 2. The van der Waals surface area contributed by atoms with Crippen molar-refractivity contribution in [2.24, 2.45) is 5.73 Å². The van der Waals surface area contributed by atoms with Crippen LogP contribution < -0.4 is 22.1 Å². The highest BCUT2D eigenvalue weighted by molar-refractivity contribution is 7.21. The molecule has 0 saturated carbocycles. The second-order valence-electron chi connectivity index (χ2n) is 9.61. The molecule has 0 atom stereocenters. The Morgan fingerprint density at radius 1 is 1.00 bits per heavy atom. The lowest BCUT2D eigenvalue weighted by molar-refractivity contribution is 0.100. The van der Waals surface area contributed by atoms with Crippen molar-refractivity contribution in [2.75, 3.05) is 16.4 Å². The van der Waals surface area contributed by atoms with E-state index >= 15 is 0 Å². The Morgan fingerprint density at radius 2 is 1.73 bits per heavy atom. The topological polar surface area (TPSA) is 149 Å². The Balaban J connectivity index is 0.000000181. The first-order valence-corrected chi connectivity index (χ1v) is 14.7. The molecule has 3 aromatic carbocycles. The first-order valence-electron chi connectivity index (χ1n) is 13.5. The Morgan fingerprint density at radius 3 is 2.43 bits per heavy atom. The van der Waals surface area contributed by atoms with E-state index in [1.165, 1.54) is 18.5 Å². The number of halogens is 2. The number of benzene rings is 3. The number of nitrogens with one attached hydrogen (secondary N) is 2. The minimum atomic E-state index is -0.588. The van der Waals surface area contributed by atoms with Crippen LogP contribution in [0.1, 0.15) is 38.2 Å². The van der Waals surface area contributed by atoms with Crippen LogP contribution in [0.5, 0.6) is 0 Å². The molecule has 2 amide bonds. The molecule has 3 aromatic heterocycles. The Hall–Kier alpha value is -5.13. The van der Waals surface area contributed by atoms with Gasteiger partial charge in [-0.25, -0.2) is 19.3 Å². The number of amides is 2. The van der Waals surface area contributed by atoms with Crippen molar-refractivity contribution in [2.45, 2.75) is 20.3 Å². The van der Waals surface area contributed by atoms with E-state index in [9.17, 15) is 14.0 Å². The number of aryl methyl sites for hydroxylation is 2. The second kappa shape index (κ2) is 13.0. The van der Waals surface area contributed by atoms with Crippen LogP contribution in [-0.2, 0) is 6.42 Å². The minimum Gasteiger partial charge on any atom is -0.397 e. The van der Waals surface area contributed by atoms with Crippen LogP contribution in [0.15, 0.2) is 79.1 Å². The molecule has 0 spiro atoms. The molecular formula is C32H27ClFN7O2S.